The number of pyridine rings is 1. The van der Waals surface area contributed by atoms with E-state index >= 15 is 0 Å². The van der Waals surface area contributed by atoms with Crippen molar-refractivity contribution < 1.29 is 4.74 Å². The van der Waals surface area contributed by atoms with Crippen molar-refractivity contribution in [2.24, 2.45) is 0 Å². The third kappa shape index (κ3) is 5.05. The van der Waals surface area contributed by atoms with E-state index in [0.29, 0.717) is 29.5 Å². The lowest BCUT2D eigenvalue weighted by Gasteiger charge is -2.38. The van der Waals surface area contributed by atoms with Crippen molar-refractivity contribution >= 4 is 16.7 Å². The standard InChI is InChI=1S/C31H43N7O2/c1-19(2)25-16-28-27(15-26(25)21-14-29(40-5)30-32-18-33-37(30)17-21)35-31(39)38(28)24-8-6-22(7-9-24)34-23-10-12-36(13-11-23)20(3)4/h14-20,22-24,34H,6-13H2,1-5H3,(H,35,39)/t22-,24-. The van der Waals surface area contributed by atoms with E-state index in [2.05, 4.69) is 65.1 Å². The molecule has 0 radical (unpaired) electrons. The van der Waals surface area contributed by atoms with Crippen LogP contribution in [0.2, 0.25) is 0 Å². The first-order valence-electron chi connectivity index (χ1n) is 15.0. The number of ether oxygens (including phenoxy) is 1. The van der Waals surface area contributed by atoms with E-state index in [1.54, 1.807) is 11.6 Å². The lowest BCUT2D eigenvalue weighted by atomic mass is 9.89. The maximum Gasteiger partial charge on any atom is 0.326 e. The van der Waals surface area contributed by atoms with Crippen molar-refractivity contribution in [3.63, 3.8) is 0 Å². The number of aromatic nitrogens is 5. The minimum absolute atomic E-state index is 0.0105. The molecule has 1 saturated carbocycles. The summed E-state index contributed by atoms with van der Waals surface area (Å²) < 4.78 is 9.39. The second-order valence-electron chi connectivity index (χ2n) is 12.3. The smallest absolute Gasteiger partial charge is 0.326 e. The van der Waals surface area contributed by atoms with Gasteiger partial charge in [-0.25, -0.2) is 14.3 Å². The van der Waals surface area contributed by atoms with E-state index in [1.807, 2.05) is 16.8 Å². The third-order valence-corrected chi connectivity index (χ3v) is 9.18. The predicted octanol–water partition coefficient (Wildman–Crippen LogP) is 5.12. The zero-order valence-corrected chi connectivity index (χ0v) is 24.5. The first-order valence-corrected chi connectivity index (χ1v) is 15.0. The Bertz CT molecular complexity index is 1530. The van der Waals surface area contributed by atoms with Crippen LogP contribution in [-0.4, -0.2) is 67.4 Å². The summed E-state index contributed by atoms with van der Waals surface area (Å²) in [7, 11) is 1.65. The third-order valence-electron chi connectivity index (χ3n) is 9.18. The number of nitrogens with one attached hydrogen (secondary N) is 2. The number of imidazole rings is 1. The molecule has 4 heterocycles. The second-order valence-corrected chi connectivity index (χ2v) is 12.3. The summed E-state index contributed by atoms with van der Waals surface area (Å²) in [4.78, 5) is 23.4. The molecule has 0 unspecified atom stereocenters. The topological polar surface area (TPSA) is 92.5 Å². The number of H-pyrrole nitrogens is 1. The first-order chi connectivity index (χ1) is 19.3. The molecule has 1 aliphatic heterocycles. The van der Waals surface area contributed by atoms with Gasteiger partial charge in [0.15, 0.2) is 11.4 Å². The van der Waals surface area contributed by atoms with Crippen molar-refractivity contribution in [3.8, 4) is 16.9 Å². The maximum absolute atomic E-state index is 13.3. The van der Waals surface area contributed by atoms with E-state index in [1.165, 1.54) is 37.8 Å². The zero-order chi connectivity index (χ0) is 28.0. The van der Waals surface area contributed by atoms with Gasteiger partial charge in [-0.05, 0) is 101 Å². The fourth-order valence-electron chi connectivity index (χ4n) is 6.89. The maximum atomic E-state index is 13.3. The summed E-state index contributed by atoms with van der Waals surface area (Å²) in [6.07, 6.45) is 10.2. The molecule has 2 fully saturated rings. The molecule has 1 aromatic carbocycles. The van der Waals surface area contributed by atoms with Crippen molar-refractivity contribution in [2.75, 3.05) is 20.2 Å². The number of rotatable bonds is 7. The van der Waals surface area contributed by atoms with Crippen LogP contribution in [0.5, 0.6) is 5.75 Å². The van der Waals surface area contributed by atoms with Crippen LogP contribution in [0.15, 0.2) is 35.5 Å². The highest BCUT2D eigenvalue weighted by atomic mass is 16.5. The minimum atomic E-state index is -0.0105. The molecule has 0 bridgehead atoms. The van der Waals surface area contributed by atoms with E-state index in [9.17, 15) is 4.79 Å². The normalized spacial score (nSPS) is 21.3. The molecule has 0 atom stereocenters. The lowest BCUT2D eigenvalue weighted by Crippen LogP contribution is -2.48. The van der Waals surface area contributed by atoms with Gasteiger partial charge in [0.2, 0.25) is 0 Å². The minimum Gasteiger partial charge on any atom is -0.493 e. The van der Waals surface area contributed by atoms with Gasteiger partial charge >= 0.3 is 5.69 Å². The highest BCUT2D eigenvalue weighted by Gasteiger charge is 2.29. The molecule has 1 saturated heterocycles. The predicted molar refractivity (Wildman–Crippen MR) is 159 cm³/mol. The molecular formula is C31H43N7O2. The van der Waals surface area contributed by atoms with Crippen LogP contribution < -0.4 is 15.7 Å². The van der Waals surface area contributed by atoms with Gasteiger partial charge in [-0.15, -0.1) is 0 Å². The molecule has 2 N–H and O–H groups in total. The number of aromatic amines is 1. The van der Waals surface area contributed by atoms with E-state index in [0.717, 1.165) is 47.8 Å². The average molecular weight is 546 g/mol. The van der Waals surface area contributed by atoms with E-state index in [-0.39, 0.29) is 17.6 Å². The summed E-state index contributed by atoms with van der Waals surface area (Å²) >= 11 is 0. The summed E-state index contributed by atoms with van der Waals surface area (Å²) in [5.41, 5.74) is 5.81. The van der Waals surface area contributed by atoms with Crippen LogP contribution in [0.1, 0.15) is 83.7 Å². The van der Waals surface area contributed by atoms with Gasteiger partial charge in [-0.1, -0.05) is 13.8 Å². The molecule has 1 aliphatic carbocycles. The Kier molecular flexibility index (Phi) is 7.44. The molecule has 0 amide bonds. The van der Waals surface area contributed by atoms with Gasteiger partial charge in [0.05, 0.1) is 18.1 Å². The van der Waals surface area contributed by atoms with Crippen LogP contribution in [0.3, 0.4) is 0 Å². The zero-order valence-electron chi connectivity index (χ0n) is 24.5. The monoisotopic (exact) mass is 545 g/mol. The van der Waals surface area contributed by atoms with Crippen molar-refractivity contribution in [1.82, 2.24) is 34.4 Å². The van der Waals surface area contributed by atoms with Crippen molar-refractivity contribution in [1.29, 1.82) is 0 Å². The van der Waals surface area contributed by atoms with Crippen LogP contribution in [0.4, 0.5) is 0 Å². The summed E-state index contributed by atoms with van der Waals surface area (Å²) in [6.45, 7) is 11.4. The molecule has 4 aromatic rings. The Labute approximate surface area is 235 Å². The van der Waals surface area contributed by atoms with Gasteiger partial charge in [0, 0.05) is 35.9 Å². The van der Waals surface area contributed by atoms with E-state index in [4.69, 9.17) is 4.74 Å². The summed E-state index contributed by atoms with van der Waals surface area (Å²) in [6, 6.07) is 8.38. The number of likely N-dealkylation sites (tertiary alicyclic amines) is 1. The molecule has 9 nitrogen and oxygen atoms in total. The number of benzene rings is 1. The Balaban J connectivity index is 1.24. The SMILES string of the molecule is COc1cc(-c2cc3[nH]c(=O)n([C@H]4CC[C@H](NC5CCN(C(C)C)CC5)CC4)c3cc2C(C)C)cn2ncnc12. The van der Waals surface area contributed by atoms with Gasteiger partial charge in [-0.3, -0.25) is 4.57 Å². The van der Waals surface area contributed by atoms with Crippen LogP contribution in [-0.2, 0) is 0 Å². The largest absolute Gasteiger partial charge is 0.493 e. The Morgan fingerprint density at radius 1 is 1.00 bits per heavy atom. The molecular weight excluding hydrogens is 502 g/mol. The number of methoxy groups -OCH3 is 1. The number of hydrogen-bond donors (Lipinski definition) is 2. The summed E-state index contributed by atoms with van der Waals surface area (Å²) in [5.74, 6) is 0.948. The fraction of sp³-hybridized carbons (Fsp3) is 0.581. The molecule has 9 heteroatoms. The summed E-state index contributed by atoms with van der Waals surface area (Å²) in [5, 5.41) is 8.30. The lowest BCUT2D eigenvalue weighted by molar-refractivity contribution is 0.149. The average Bonchev–Trinajstić information content (AvgIpc) is 3.55. The molecule has 214 valence electrons. The van der Waals surface area contributed by atoms with E-state index < -0.39 is 0 Å². The highest BCUT2D eigenvalue weighted by Crippen LogP contribution is 2.37. The Morgan fingerprint density at radius 3 is 2.40 bits per heavy atom. The molecule has 40 heavy (non-hydrogen) atoms. The highest BCUT2D eigenvalue weighted by molar-refractivity contribution is 5.85. The first kappa shape index (κ1) is 27.0. The van der Waals surface area contributed by atoms with Crippen LogP contribution in [0.25, 0.3) is 27.8 Å². The Morgan fingerprint density at radius 2 is 1.73 bits per heavy atom. The molecule has 2 aliphatic rings. The fourth-order valence-corrected chi connectivity index (χ4v) is 6.89. The van der Waals surface area contributed by atoms with Crippen molar-refractivity contribution in [3.05, 3.63) is 46.8 Å². The second kappa shape index (κ2) is 11.0. The molecule has 3 aromatic heterocycles. The number of hydrogen-bond acceptors (Lipinski definition) is 6. The van der Waals surface area contributed by atoms with Crippen LogP contribution >= 0.6 is 0 Å². The molecule has 6 rings (SSSR count). The van der Waals surface area contributed by atoms with Crippen LogP contribution in [0, 0.1) is 0 Å². The van der Waals surface area contributed by atoms with Gasteiger partial charge in [-0.2, -0.15) is 5.10 Å². The number of nitrogens with zero attached hydrogens (tertiary/aromatic N) is 5. The quantitative estimate of drug-likeness (QED) is 0.335. The van der Waals surface area contributed by atoms with Gasteiger partial charge < -0.3 is 19.9 Å². The number of fused-ring (bicyclic) bond motifs is 2. The van der Waals surface area contributed by atoms with Gasteiger partial charge in [0.1, 0.15) is 6.33 Å². The Hall–Kier alpha value is -3.17. The molecule has 0 spiro atoms. The van der Waals surface area contributed by atoms with Crippen molar-refractivity contribution in [2.45, 2.75) is 96.3 Å². The van der Waals surface area contributed by atoms with Gasteiger partial charge in [0.25, 0.3) is 0 Å². The number of piperidine rings is 1.